The van der Waals surface area contributed by atoms with E-state index in [2.05, 4.69) is 4.98 Å². The molecule has 4 nitrogen and oxygen atoms in total. The van der Waals surface area contributed by atoms with Crippen molar-refractivity contribution in [2.24, 2.45) is 0 Å². The van der Waals surface area contributed by atoms with Crippen LogP contribution in [0.4, 0.5) is 0 Å². The number of thiophene rings is 1. The number of H-pyrrole nitrogens is 1. The van der Waals surface area contributed by atoms with Crippen LogP contribution in [0.3, 0.4) is 0 Å². The smallest absolute Gasteiger partial charge is 0.270 e. The zero-order valence-corrected chi connectivity index (χ0v) is 13.1. The van der Waals surface area contributed by atoms with E-state index in [1.54, 1.807) is 24.3 Å². The number of carbonyl (C=O) groups is 1. The summed E-state index contributed by atoms with van der Waals surface area (Å²) in [6, 6.07) is 8.65. The molecule has 0 radical (unpaired) electrons. The number of benzene rings is 1. The van der Waals surface area contributed by atoms with Crippen LogP contribution < -0.4 is 5.56 Å². The molecule has 0 saturated carbocycles. The molecule has 2 aromatic heterocycles. The second-order valence-corrected chi connectivity index (χ2v) is 6.34. The average Bonchev–Trinajstić information content (AvgIpc) is 2.74. The van der Waals surface area contributed by atoms with Gasteiger partial charge < -0.3 is 4.98 Å². The Morgan fingerprint density at radius 1 is 1.24 bits per heavy atom. The maximum atomic E-state index is 12.7. The molecule has 3 rings (SSSR count). The van der Waals surface area contributed by atoms with Crippen molar-refractivity contribution < 1.29 is 4.79 Å². The van der Waals surface area contributed by atoms with Gasteiger partial charge in [0.25, 0.3) is 11.5 Å². The topological polar surface area (TPSA) is 54.9 Å². The fourth-order valence-corrected chi connectivity index (χ4v) is 3.61. The summed E-state index contributed by atoms with van der Waals surface area (Å²) < 4.78 is 1.16. The molecular weight excluding hydrogens is 304 g/mol. The van der Waals surface area contributed by atoms with Gasteiger partial charge in [0.1, 0.15) is 4.83 Å². The van der Waals surface area contributed by atoms with E-state index in [1.165, 1.54) is 11.3 Å². The van der Waals surface area contributed by atoms with E-state index in [4.69, 9.17) is 12.2 Å². The largest absolute Gasteiger partial charge is 0.323 e. The molecule has 106 valence electrons. The van der Waals surface area contributed by atoms with E-state index in [0.717, 1.165) is 19.8 Å². The highest BCUT2D eigenvalue weighted by molar-refractivity contribution is 7.71. The molecule has 0 amide bonds. The first-order valence-corrected chi connectivity index (χ1v) is 7.58. The predicted octanol–water partition coefficient (Wildman–Crippen LogP) is 3.43. The minimum absolute atomic E-state index is 0.127. The van der Waals surface area contributed by atoms with Gasteiger partial charge in [0.2, 0.25) is 0 Å². The van der Waals surface area contributed by atoms with Crippen LogP contribution >= 0.6 is 23.6 Å². The Labute approximate surface area is 129 Å². The van der Waals surface area contributed by atoms with Gasteiger partial charge in [0.15, 0.2) is 4.77 Å². The molecule has 0 atom stereocenters. The molecule has 0 aliphatic rings. The van der Waals surface area contributed by atoms with E-state index in [-0.39, 0.29) is 10.3 Å². The molecular formula is C15H12N2O2S2. The normalized spacial score (nSPS) is 11.0. The number of nitrogens with one attached hydrogen (secondary N) is 1. The van der Waals surface area contributed by atoms with Crippen LogP contribution in [0, 0.1) is 18.6 Å². The molecule has 0 aliphatic heterocycles. The molecule has 21 heavy (non-hydrogen) atoms. The van der Waals surface area contributed by atoms with E-state index in [1.807, 2.05) is 19.9 Å². The van der Waals surface area contributed by atoms with Crippen molar-refractivity contribution in [3.8, 4) is 0 Å². The lowest BCUT2D eigenvalue weighted by Crippen LogP contribution is -2.28. The third-order valence-electron chi connectivity index (χ3n) is 3.45. The standard InChI is InChI=1S/C15H12N2O2S2/c1-8-9(2)21-12-11(8)14(19)17(15(20)16-12)13(18)10-6-4-3-5-7-10/h3-7H,1-2H3,(H,16,20). The van der Waals surface area contributed by atoms with Crippen molar-refractivity contribution in [3.63, 3.8) is 0 Å². The maximum absolute atomic E-state index is 12.7. The average molecular weight is 316 g/mol. The number of aromatic nitrogens is 2. The first-order valence-electron chi connectivity index (χ1n) is 6.35. The second kappa shape index (κ2) is 5.05. The Balaban J connectivity index is 2.34. The van der Waals surface area contributed by atoms with E-state index in [9.17, 15) is 9.59 Å². The number of hydrogen-bond donors (Lipinski definition) is 1. The Kier molecular flexibility index (Phi) is 3.35. The SMILES string of the molecule is Cc1sc2[nH]c(=S)n(C(=O)c3ccccc3)c(=O)c2c1C. The monoisotopic (exact) mass is 316 g/mol. The van der Waals surface area contributed by atoms with Crippen molar-refractivity contribution in [1.29, 1.82) is 0 Å². The molecule has 0 spiro atoms. The molecule has 2 heterocycles. The number of nitrogens with zero attached hydrogens (tertiary/aromatic N) is 1. The van der Waals surface area contributed by atoms with Gasteiger partial charge in [0.05, 0.1) is 5.39 Å². The molecule has 0 saturated heterocycles. The molecule has 1 N–H and O–H groups in total. The van der Waals surface area contributed by atoms with Crippen molar-refractivity contribution in [2.45, 2.75) is 13.8 Å². The first-order chi connectivity index (χ1) is 10.0. The van der Waals surface area contributed by atoms with Crippen LogP contribution in [0.2, 0.25) is 0 Å². The van der Waals surface area contributed by atoms with Gasteiger partial charge in [-0.15, -0.1) is 11.3 Å². The van der Waals surface area contributed by atoms with Gasteiger partial charge in [0, 0.05) is 10.4 Å². The minimum Gasteiger partial charge on any atom is -0.323 e. The van der Waals surface area contributed by atoms with E-state index < -0.39 is 5.91 Å². The van der Waals surface area contributed by atoms with Gasteiger partial charge in [-0.2, -0.15) is 0 Å². The molecule has 0 aliphatic carbocycles. The van der Waals surface area contributed by atoms with Gasteiger partial charge in [-0.05, 0) is 43.8 Å². The summed E-state index contributed by atoms with van der Waals surface area (Å²) >= 11 is 6.67. The lowest BCUT2D eigenvalue weighted by atomic mass is 10.2. The molecule has 0 fully saturated rings. The zero-order chi connectivity index (χ0) is 15.1. The molecule has 0 unspecified atom stereocenters. The second-order valence-electron chi connectivity index (χ2n) is 4.73. The van der Waals surface area contributed by atoms with Gasteiger partial charge in [-0.3, -0.25) is 9.59 Å². The van der Waals surface area contributed by atoms with Crippen molar-refractivity contribution >= 4 is 39.7 Å². The summed E-state index contributed by atoms with van der Waals surface area (Å²) in [5.74, 6) is -0.410. The van der Waals surface area contributed by atoms with Crippen LogP contribution in [0.25, 0.3) is 10.2 Å². The number of rotatable bonds is 1. The van der Waals surface area contributed by atoms with Crippen molar-refractivity contribution in [2.75, 3.05) is 0 Å². The third kappa shape index (κ3) is 2.16. The molecule has 3 aromatic rings. The quantitative estimate of drug-likeness (QED) is 0.700. The number of aryl methyl sites for hydroxylation is 2. The maximum Gasteiger partial charge on any atom is 0.270 e. The highest BCUT2D eigenvalue weighted by Crippen LogP contribution is 2.25. The fraction of sp³-hybridized carbons (Fsp3) is 0.133. The number of hydrogen-bond acceptors (Lipinski definition) is 4. The number of aromatic amines is 1. The Hall–Kier alpha value is -2.05. The Morgan fingerprint density at radius 2 is 1.90 bits per heavy atom. The van der Waals surface area contributed by atoms with Crippen LogP contribution in [0.5, 0.6) is 0 Å². The van der Waals surface area contributed by atoms with Crippen LogP contribution in [-0.4, -0.2) is 15.5 Å². The van der Waals surface area contributed by atoms with Gasteiger partial charge >= 0.3 is 0 Å². The van der Waals surface area contributed by atoms with Crippen LogP contribution in [0.15, 0.2) is 35.1 Å². The lowest BCUT2D eigenvalue weighted by molar-refractivity contribution is 0.0953. The molecule has 0 bridgehead atoms. The van der Waals surface area contributed by atoms with Gasteiger partial charge in [-0.25, -0.2) is 4.57 Å². The van der Waals surface area contributed by atoms with Crippen LogP contribution in [0.1, 0.15) is 20.8 Å². The lowest BCUT2D eigenvalue weighted by Gasteiger charge is -2.05. The Bertz CT molecular complexity index is 965. The number of fused-ring (bicyclic) bond motifs is 1. The summed E-state index contributed by atoms with van der Waals surface area (Å²) in [6.45, 7) is 3.82. The zero-order valence-electron chi connectivity index (χ0n) is 11.5. The summed E-state index contributed by atoms with van der Waals surface area (Å²) in [5.41, 5.74) is 0.966. The Morgan fingerprint density at radius 3 is 2.57 bits per heavy atom. The summed E-state index contributed by atoms with van der Waals surface area (Å²) in [6.07, 6.45) is 0. The van der Waals surface area contributed by atoms with Crippen molar-refractivity contribution in [3.05, 3.63) is 61.5 Å². The number of carbonyl (C=O) groups excluding carboxylic acids is 1. The predicted molar refractivity (Wildman–Crippen MR) is 86.9 cm³/mol. The third-order valence-corrected chi connectivity index (χ3v) is 4.86. The highest BCUT2D eigenvalue weighted by Gasteiger charge is 2.17. The summed E-state index contributed by atoms with van der Waals surface area (Å²) in [5, 5.41) is 0.537. The summed E-state index contributed by atoms with van der Waals surface area (Å²) in [7, 11) is 0. The van der Waals surface area contributed by atoms with Crippen LogP contribution in [-0.2, 0) is 0 Å². The van der Waals surface area contributed by atoms with E-state index in [0.29, 0.717) is 10.9 Å². The fourth-order valence-electron chi connectivity index (χ4n) is 2.22. The molecule has 1 aromatic carbocycles. The first kappa shape index (κ1) is 13.9. The van der Waals surface area contributed by atoms with E-state index >= 15 is 0 Å². The highest BCUT2D eigenvalue weighted by atomic mass is 32.1. The molecule has 6 heteroatoms. The van der Waals surface area contributed by atoms with Gasteiger partial charge in [-0.1, -0.05) is 18.2 Å². The van der Waals surface area contributed by atoms with Crippen molar-refractivity contribution in [1.82, 2.24) is 9.55 Å². The minimum atomic E-state index is -0.410. The summed E-state index contributed by atoms with van der Waals surface area (Å²) in [4.78, 5) is 29.9.